The highest BCUT2D eigenvalue weighted by atomic mass is 15.0. The molecule has 0 saturated carbocycles. The van der Waals surface area contributed by atoms with E-state index in [0.29, 0.717) is 5.41 Å². The molecule has 0 bridgehead atoms. The molecular formula is C15H33N. The molecule has 0 amide bonds. The van der Waals surface area contributed by atoms with E-state index in [0.717, 1.165) is 12.5 Å². The summed E-state index contributed by atoms with van der Waals surface area (Å²) in [7, 11) is 0. The van der Waals surface area contributed by atoms with Crippen LogP contribution in [0.25, 0.3) is 0 Å². The van der Waals surface area contributed by atoms with Crippen molar-refractivity contribution in [3.63, 3.8) is 0 Å². The predicted molar refractivity (Wildman–Crippen MR) is 74.8 cm³/mol. The Balaban J connectivity index is 4.67. The van der Waals surface area contributed by atoms with E-state index in [4.69, 9.17) is 0 Å². The summed E-state index contributed by atoms with van der Waals surface area (Å²) in [5.74, 6) is 0.859. The normalized spacial score (nSPS) is 13.5. The molecule has 0 heterocycles. The van der Waals surface area contributed by atoms with Crippen LogP contribution in [0.2, 0.25) is 0 Å². The van der Waals surface area contributed by atoms with Gasteiger partial charge in [-0.2, -0.15) is 0 Å². The molecule has 0 aromatic rings. The molecular weight excluding hydrogens is 194 g/mol. The van der Waals surface area contributed by atoms with Crippen LogP contribution in [-0.4, -0.2) is 12.1 Å². The van der Waals surface area contributed by atoms with Crippen molar-refractivity contribution >= 4 is 0 Å². The average molecular weight is 227 g/mol. The Morgan fingerprint density at radius 2 is 1.31 bits per heavy atom. The fourth-order valence-corrected chi connectivity index (χ4v) is 2.82. The molecule has 0 rings (SSSR count). The number of hydrogen-bond acceptors (Lipinski definition) is 1. The first-order valence-electron chi connectivity index (χ1n) is 7.10. The first-order chi connectivity index (χ1) is 7.35. The topological polar surface area (TPSA) is 12.0 Å². The van der Waals surface area contributed by atoms with Gasteiger partial charge in [0.2, 0.25) is 0 Å². The third kappa shape index (κ3) is 4.45. The first-order valence-corrected chi connectivity index (χ1v) is 7.10. The highest BCUT2D eigenvalue weighted by molar-refractivity contribution is 4.87. The van der Waals surface area contributed by atoms with Gasteiger partial charge in [0, 0.05) is 12.1 Å². The number of rotatable bonds is 7. The van der Waals surface area contributed by atoms with Gasteiger partial charge in [-0.05, 0) is 44.9 Å². The minimum atomic E-state index is 0.238. The molecule has 0 radical (unpaired) electrons. The van der Waals surface area contributed by atoms with Gasteiger partial charge in [-0.25, -0.2) is 0 Å². The summed E-state index contributed by atoms with van der Waals surface area (Å²) >= 11 is 0. The fraction of sp³-hybridized carbons (Fsp3) is 1.00. The average Bonchev–Trinajstić information content (AvgIpc) is 2.23. The van der Waals surface area contributed by atoms with Crippen molar-refractivity contribution in [2.45, 2.75) is 79.7 Å². The molecule has 0 aromatic carbocycles. The van der Waals surface area contributed by atoms with Crippen molar-refractivity contribution in [3.8, 4) is 0 Å². The van der Waals surface area contributed by atoms with E-state index >= 15 is 0 Å². The minimum absolute atomic E-state index is 0.238. The highest BCUT2D eigenvalue weighted by Gasteiger charge is 2.34. The Kier molecular flexibility index (Phi) is 6.62. The molecule has 0 saturated heterocycles. The Hall–Kier alpha value is -0.0400. The van der Waals surface area contributed by atoms with E-state index in [9.17, 15) is 0 Å². The molecule has 0 aliphatic rings. The molecule has 1 nitrogen and oxygen atoms in total. The smallest absolute Gasteiger partial charge is 0.00967 e. The SMILES string of the molecule is CCC(CC)C(CC)(CC)CNC(C)(C)C. The van der Waals surface area contributed by atoms with Gasteiger partial charge >= 0.3 is 0 Å². The molecule has 1 N–H and O–H groups in total. The van der Waals surface area contributed by atoms with E-state index in [2.05, 4.69) is 53.8 Å². The maximum atomic E-state index is 3.71. The molecule has 1 heteroatoms. The second kappa shape index (κ2) is 6.64. The molecule has 0 aromatic heterocycles. The largest absolute Gasteiger partial charge is 0.312 e. The van der Waals surface area contributed by atoms with Crippen LogP contribution >= 0.6 is 0 Å². The summed E-state index contributed by atoms with van der Waals surface area (Å²) in [4.78, 5) is 0. The standard InChI is InChI=1S/C15H33N/c1-8-13(9-2)15(10-3,11-4)12-16-14(5,6)7/h13,16H,8-12H2,1-7H3. The van der Waals surface area contributed by atoms with Crippen molar-refractivity contribution in [2.24, 2.45) is 11.3 Å². The molecule has 0 atom stereocenters. The van der Waals surface area contributed by atoms with E-state index in [-0.39, 0.29) is 5.54 Å². The Labute approximate surface area is 103 Å². The molecule has 0 spiro atoms. The van der Waals surface area contributed by atoms with Crippen molar-refractivity contribution < 1.29 is 0 Å². The third-order valence-electron chi connectivity index (χ3n) is 4.23. The van der Waals surface area contributed by atoms with Crippen LogP contribution < -0.4 is 5.32 Å². The lowest BCUT2D eigenvalue weighted by Gasteiger charge is -2.41. The fourth-order valence-electron chi connectivity index (χ4n) is 2.82. The van der Waals surface area contributed by atoms with Gasteiger partial charge in [0.05, 0.1) is 0 Å². The maximum absolute atomic E-state index is 3.71. The maximum Gasteiger partial charge on any atom is 0.00967 e. The van der Waals surface area contributed by atoms with Gasteiger partial charge in [-0.1, -0.05) is 40.5 Å². The second-order valence-electron chi connectivity index (χ2n) is 6.19. The summed E-state index contributed by atoms with van der Waals surface area (Å²) in [5.41, 5.74) is 0.735. The summed E-state index contributed by atoms with van der Waals surface area (Å²) < 4.78 is 0. The summed E-state index contributed by atoms with van der Waals surface area (Å²) in [6.45, 7) is 17.3. The lowest BCUT2D eigenvalue weighted by Crippen LogP contribution is -2.46. The van der Waals surface area contributed by atoms with E-state index in [1.165, 1.54) is 25.7 Å². The van der Waals surface area contributed by atoms with Gasteiger partial charge in [-0.15, -0.1) is 0 Å². The van der Waals surface area contributed by atoms with Gasteiger partial charge < -0.3 is 5.32 Å². The van der Waals surface area contributed by atoms with Crippen molar-refractivity contribution in [1.29, 1.82) is 0 Å². The third-order valence-corrected chi connectivity index (χ3v) is 4.23. The molecule has 0 aliphatic heterocycles. The van der Waals surface area contributed by atoms with Gasteiger partial charge in [0.25, 0.3) is 0 Å². The van der Waals surface area contributed by atoms with E-state index in [1.807, 2.05) is 0 Å². The predicted octanol–water partition coefficient (Wildman–Crippen LogP) is 4.62. The van der Waals surface area contributed by atoms with Crippen LogP contribution in [0.5, 0.6) is 0 Å². The van der Waals surface area contributed by atoms with Crippen LogP contribution in [0, 0.1) is 11.3 Å². The lowest BCUT2D eigenvalue weighted by atomic mass is 9.68. The molecule has 0 unspecified atom stereocenters. The molecule has 98 valence electrons. The Morgan fingerprint density at radius 3 is 1.56 bits per heavy atom. The van der Waals surface area contributed by atoms with Crippen LogP contribution in [0.1, 0.15) is 74.1 Å². The van der Waals surface area contributed by atoms with Gasteiger partial charge in [-0.3, -0.25) is 0 Å². The molecule has 16 heavy (non-hydrogen) atoms. The highest BCUT2D eigenvalue weighted by Crippen LogP contribution is 2.39. The molecule has 0 aliphatic carbocycles. The van der Waals surface area contributed by atoms with Crippen LogP contribution in [0.15, 0.2) is 0 Å². The zero-order valence-corrected chi connectivity index (χ0v) is 12.6. The van der Waals surface area contributed by atoms with Crippen LogP contribution in [-0.2, 0) is 0 Å². The van der Waals surface area contributed by atoms with Crippen LogP contribution in [0.3, 0.4) is 0 Å². The Bertz CT molecular complexity index is 170. The monoisotopic (exact) mass is 227 g/mol. The quantitative estimate of drug-likeness (QED) is 0.669. The van der Waals surface area contributed by atoms with Crippen molar-refractivity contribution in [2.75, 3.05) is 6.54 Å². The van der Waals surface area contributed by atoms with Gasteiger partial charge in [0.1, 0.15) is 0 Å². The Morgan fingerprint density at radius 1 is 0.875 bits per heavy atom. The van der Waals surface area contributed by atoms with Gasteiger partial charge in [0.15, 0.2) is 0 Å². The van der Waals surface area contributed by atoms with Crippen molar-refractivity contribution in [1.82, 2.24) is 5.32 Å². The zero-order valence-electron chi connectivity index (χ0n) is 12.6. The van der Waals surface area contributed by atoms with E-state index < -0.39 is 0 Å². The number of nitrogens with one attached hydrogen (secondary N) is 1. The van der Waals surface area contributed by atoms with Crippen molar-refractivity contribution in [3.05, 3.63) is 0 Å². The minimum Gasteiger partial charge on any atom is -0.312 e. The summed E-state index contributed by atoms with van der Waals surface area (Å²) in [6.07, 6.45) is 5.20. The van der Waals surface area contributed by atoms with Crippen LogP contribution in [0.4, 0.5) is 0 Å². The first kappa shape index (κ1) is 16.0. The second-order valence-corrected chi connectivity index (χ2v) is 6.19. The molecule has 0 fully saturated rings. The summed E-state index contributed by atoms with van der Waals surface area (Å²) in [6, 6.07) is 0. The zero-order chi connectivity index (χ0) is 12.8. The lowest BCUT2D eigenvalue weighted by molar-refractivity contribution is 0.117. The van der Waals surface area contributed by atoms with E-state index in [1.54, 1.807) is 0 Å². The number of hydrogen-bond donors (Lipinski definition) is 1. The summed E-state index contributed by atoms with van der Waals surface area (Å²) in [5, 5.41) is 3.71.